The third kappa shape index (κ3) is 4.56. The highest BCUT2D eigenvalue weighted by Crippen LogP contribution is 2.59. The molecule has 5 N–H and O–H groups in total. The average molecular weight is 789 g/mol. The SMILES string of the molecule is C[C@]1(C(=O)O)[C@@H](O)CC[C@@]2(C)c3cc4c5ccccc5n(S(=O)(=O)c5ccc6[nH]c7cc8c(cc7c6c5)[C@]5(C)CC[C@@H](O)[C@@](C)(C(=O)O)[C@@H]5CC8)c4cc3CC[C@@H]12. The number of carbonyl (C=O) groups is 2. The summed E-state index contributed by atoms with van der Waals surface area (Å²) in [4.78, 5) is 29.0. The smallest absolute Gasteiger partial charge is 0.312 e. The van der Waals surface area contributed by atoms with Crippen LogP contribution < -0.4 is 0 Å². The topological polar surface area (TPSA) is 170 Å². The largest absolute Gasteiger partial charge is 0.481 e. The lowest BCUT2D eigenvalue weighted by molar-refractivity contribution is -0.172. The van der Waals surface area contributed by atoms with E-state index in [2.05, 4.69) is 37.0 Å². The molecule has 0 amide bonds. The zero-order chi connectivity index (χ0) is 40.2. The predicted molar refractivity (Wildman–Crippen MR) is 218 cm³/mol. The lowest BCUT2D eigenvalue weighted by atomic mass is 9.49. The minimum atomic E-state index is -4.17. The standard InChI is InChI=1S/C46H48N2O8S/c1-43-17-15-39(49)45(3,41(51)52)37(43)13-9-24-19-34-29(22-31(24)43)28-21-26(11-12-33(28)47-34)57(55,56)48-35-8-6-5-7-27(35)30-23-32-25(20-36(30)48)10-14-38-44(32,2)18-16-40(50)46(38,4)42(53)54/h5-8,11-12,19-23,37-40,47,49-50H,9-10,13-18H2,1-4H3,(H,51,52)(H,53,54)/t37-,38-,39-,40+,43+,44+,45+,46-/m1/s1. The van der Waals surface area contributed by atoms with Crippen molar-refractivity contribution in [3.8, 4) is 0 Å². The van der Waals surface area contributed by atoms with Crippen molar-refractivity contribution in [2.75, 3.05) is 0 Å². The molecule has 4 aliphatic carbocycles. The molecule has 10 rings (SSSR count). The summed E-state index contributed by atoms with van der Waals surface area (Å²) in [5.74, 6) is -2.52. The highest BCUT2D eigenvalue weighted by atomic mass is 32.2. The fraction of sp³-hybridized carbons (Fsp3) is 0.435. The molecule has 10 nitrogen and oxygen atoms in total. The van der Waals surface area contributed by atoms with Crippen LogP contribution >= 0.6 is 0 Å². The average Bonchev–Trinajstić information content (AvgIpc) is 3.71. The van der Waals surface area contributed by atoms with E-state index in [1.165, 1.54) is 3.97 Å². The summed E-state index contributed by atoms with van der Waals surface area (Å²) >= 11 is 0. The Bertz CT molecular complexity index is 2880. The number of nitrogens with one attached hydrogen (secondary N) is 1. The summed E-state index contributed by atoms with van der Waals surface area (Å²) in [6.07, 6.45) is 2.64. The lowest BCUT2D eigenvalue weighted by Gasteiger charge is -2.55. The van der Waals surface area contributed by atoms with Gasteiger partial charge in [0.2, 0.25) is 0 Å². The molecule has 57 heavy (non-hydrogen) atoms. The summed E-state index contributed by atoms with van der Waals surface area (Å²) in [5.41, 5.74) is 3.49. The molecule has 2 heterocycles. The van der Waals surface area contributed by atoms with E-state index in [0.717, 1.165) is 54.8 Å². The Morgan fingerprint density at radius 1 is 0.649 bits per heavy atom. The van der Waals surface area contributed by atoms with Gasteiger partial charge < -0.3 is 25.4 Å². The number of carboxylic acids is 2. The van der Waals surface area contributed by atoms with Gasteiger partial charge in [0.25, 0.3) is 10.0 Å². The Morgan fingerprint density at radius 3 is 1.79 bits per heavy atom. The Morgan fingerprint density at radius 2 is 1.19 bits per heavy atom. The monoisotopic (exact) mass is 788 g/mol. The van der Waals surface area contributed by atoms with E-state index in [4.69, 9.17) is 0 Å². The van der Waals surface area contributed by atoms with E-state index in [1.807, 2.05) is 36.4 Å². The molecule has 4 aliphatic rings. The number of nitrogens with zero attached hydrogens (tertiary/aromatic N) is 1. The van der Waals surface area contributed by atoms with Gasteiger partial charge >= 0.3 is 11.9 Å². The van der Waals surface area contributed by atoms with Crippen molar-refractivity contribution < 1.29 is 38.4 Å². The van der Waals surface area contributed by atoms with Crippen LogP contribution in [-0.2, 0) is 43.3 Å². The maximum Gasteiger partial charge on any atom is 0.312 e. The molecule has 0 bridgehead atoms. The van der Waals surface area contributed by atoms with Crippen LogP contribution in [-0.4, -0.2) is 61.9 Å². The number of hydrogen-bond acceptors (Lipinski definition) is 6. The third-order valence-corrected chi connectivity index (χ3v) is 17.7. The Kier molecular flexibility index (Phi) is 7.52. The third-order valence-electron chi connectivity index (χ3n) is 16.0. The Hall–Kier alpha value is -4.71. The maximum atomic E-state index is 15.1. The summed E-state index contributed by atoms with van der Waals surface area (Å²) < 4.78 is 31.7. The van der Waals surface area contributed by atoms with Crippen LogP contribution in [0.5, 0.6) is 0 Å². The number of aromatic nitrogens is 2. The zero-order valence-electron chi connectivity index (χ0n) is 32.6. The quantitative estimate of drug-likeness (QED) is 0.121. The van der Waals surface area contributed by atoms with Crippen molar-refractivity contribution in [2.45, 2.75) is 107 Å². The fourth-order valence-electron chi connectivity index (χ4n) is 12.7. The van der Waals surface area contributed by atoms with Crippen LogP contribution in [0.1, 0.15) is 88.5 Å². The molecule has 296 valence electrons. The molecule has 2 aromatic heterocycles. The second-order valence-corrected chi connectivity index (χ2v) is 20.3. The molecule has 2 saturated carbocycles. The molecule has 4 aromatic carbocycles. The van der Waals surface area contributed by atoms with E-state index < -0.39 is 55.8 Å². The first-order valence-electron chi connectivity index (χ1n) is 20.2. The molecule has 0 radical (unpaired) electrons. The van der Waals surface area contributed by atoms with Crippen LogP contribution in [0, 0.1) is 22.7 Å². The molecule has 11 heteroatoms. The van der Waals surface area contributed by atoms with Gasteiger partial charge in [0.05, 0.1) is 39.0 Å². The van der Waals surface area contributed by atoms with Gasteiger partial charge in [0.15, 0.2) is 0 Å². The Balaban J connectivity index is 1.12. The number of aliphatic hydroxyl groups is 2. The number of aliphatic hydroxyl groups excluding tert-OH is 2. The molecule has 8 atom stereocenters. The lowest BCUT2D eigenvalue weighted by Crippen LogP contribution is -2.58. The van der Waals surface area contributed by atoms with E-state index in [-0.39, 0.29) is 16.7 Å². The van der Waals surface area contributed by atoms with Crippen molar-refractivity contribution in [3.05, 3.63) is 89.0 Å². The van der Waals surface area contributed by atoms with Crippen LogP contribution in [0.25, 0.3) is 43.6 Å². The van der Waals surface area contributed by atoms with Crippen LogP contribution in [0.4, 0.5) is 0 Å². The number of aromatic amines is 1. The van der Waals surface area contributed by atoms with Crippen molar-refractivity contribution >= 4 is 65.6 Å². The first-order valence-corrected chi connectivity index (χ1v) is 21.6. The van der Waals surface area contributed by atoms with Crippen LogP contribution in [0.2, 0.25) is 0 Å². The Labute approximate surface area is 330 Å². The van der Waals surface area contributed by atoms with Gasteiger partial charge in [-0.05, 0) is 159 Å². The van der Waals surface area contributed by atoms with E-state index in [0.29, 0.717) is 62.4 Å². The van der Waals surface area contributed by atoms with Crippen molar-refractivity contribution in [1.29, 1.82) is 0 Å². The van der Waals surface area contributed by atoms with Crippen LogP contribution in [0.3, 0.4) is 0 Å². The van der Waals surface area contributed by atoms with Crippen LogP contribution in [0.15, 0.2) is 71.6 Å². The molecule has 2 fully saturated rings. The van der Waals surface area contributed by atoms with Gasteiger partial charge in [-0.2, -0.15) is 0 Å². The van der Waals surface area contributed by atoms with E-state index in [9.17, 15) is 30.0 Å². The minimum Gasteiger partial charge on any atom is -0.481 e. The zero-order valence-corrected chi connectivity index (χ0v) is 33.4. The number of para-hydroxylation sites is 1. The number of aryl methyl sites for hydroxylation is 2. The second-order valence-electron chi connectivity index (χ2n) is 18.5. The summed E-state index contributed by atoms with van der Waals surface area (Å²) in [6, 6.07) is 21.1. The van der Waals surface area contributed by atoms with Gasteiger partial charge in [0.1, 0.15) is 0 Å². The number of fused-ring (bicyclic) bond motifs is 12. The number of aliphatic carboxylic acids is 2. The van der Waals surface area contributed by atoms with Gasteiger partial charge in [-0.1, -0.05) is 32.0 Å². The van der Waals surface area contributed by atoms with Crippen molar-refractivity contribution in [1.82, 2.24) is 8.96 Å². The maximum absolute atomic E-state index is 15.1. The summed E-state index contributed by atoms with van der Waals surface area (Å²) in [6.45, 7) is 7.60. The summed E-state index contributed by atoms with van der Waals surface area (Å²) in [7, 11) is -4.17. The first-order chi connectivity index (χ1) is 27.0. The molecule has 0 saturated heterocycles. The number of rotatable bonds is 4. The van der Waals surface area contributed by atoms with Crippen molar-refractivity contribution in [2.24, 2.45) is 22.7 Å². The number of hydrogen-bond donors (Lipinski definition) is 5. The minimum absolute atomic E-state index is 0.142. The van der Waals surface area contributed by atoms with Gasteiger partial charge in [-0.15, -0.1) is 0 Å². The second kappa shape index (κ2) is 11.7. The van der Waals surface area contributed by atoms with Gasteiger partial charge in [0, 0.05) is 32.6 Å². The predicted octanol–water partition coefficient (Wildman–Crippen LogP) is 7.80. The molecular weight excluding hydrogens is 741 g/mol. The molecule has 0 spiro atoms. The van der Waals surface area contributed by atoms with E-state index >= 15 is 8.42 Å². The normalized spacial score (nSPS) is 32.5. The highest BCUT2D eigenvalue weighted by Gasteiger charge is 2.61. The first kappa shape index (κ1) is 36.6. The number of H-pyrrole nitrogens is 1. The fourth-order valence-corrected chi connectivity index (χ4v) is 14.2. The molecular formula is C46H48N2O8S. The highest BCUT2D eigenvalue weighted by molar-refractivity contribution is 7.90. The molecule has 0 aliphatic heterocycles. The van der Waals surface area contributed by atoms with Crippen molar-refractivity contribution in [3.63, 3.8) is 0 Å². The van der Waals surface area contributed by atoms with Gasteiger partial charge in [-0.3, -0.25) is 9.59 Å². The van der Waals surface area contributed by atoms with E-state index in [1.54, 1.807) is 26.0 Å². The number of benzene rings is 4. The molecule has 0 unspecified atom stereocenters. The molecule has 6 aromatic rings. The number of carboxylic acid groups (broad SMARTS) is 2. The van der Waals surface area contributed by atoms with Gasteiger partial charge in [-0.25, -0.2) is 12.4 Å². The summed E-state index contributed by atoms with van der Waals surface area (Å²) in [5, 5.41) is 46.0.